The summed E-state index contributed by atoms with van der Waals surface area (Å²) in [5.41, 5.74) is 10.8. The van der Waals surface area contributed by atoms with Crippen molar-refractivity contribution in [3.8, 4) is 0 Å². The van der Waals surface area contributed by atoms with Gasteiger partial charge < -0.3 is 16.6 Å². The van der Waals surface area contributed by atoms with Crippen molar-refractivity contribution in [3.63, 3.8) is 0 Å². The molecule has 0 aromatic heterocycles. The molecule has 1 aromatic rings. The minimum Gasteiger partial charge on any atom is -0.398 e. The van der Waals surface area contributed by atoms with Crippen LogP contribution < -0.4 is 16.2 Å². The van der Waals surface area contributed by atoms with Gasteiger partial charge in [0.1, 0.15) is 4.90 Å². The molecule has 0 aliphatic carbocycles. The topological polar surface area (TPSA) is 136 Å². The highest BCUT2D eigenvalue weighted by Gasteiger charge is 2.19. The number of sulfonamides is 1. The predicted octanol–water partition coefficient (Wildman–Crippen LogP) is -0.193. The molecule has 112 valence electrons. The van der Waals surface area contributed by atoms with E-state index in [9.17, 15) is 18.3 Å². The minimum atomic E-state index is -3.83. The number of rotatable bonds is 7. The smallest absolute Gasteiger partial charge is 0.248 e. The molecule has 1 amide bonds. The summed E-state index contributed by atoms with van der Waals surface area (Å²) in [6.45, 7) is 1.80. The fourth-order valence-corrected chi connectivity index (χ4v) is 2.85. The van der Waals surface area contributed by atoms with Crippen LogP contribution in [0.2, 0.25) is 0 Å². The van der Waals surface area contributed by atoms with Gasteiger partial charge in [0, 0.05) is 12.1 Å². The van der Waals surface area contributed by atoms with Crippen molar-refractivity contribution >= 4 is 21.6 Å². The first-order valence-electron chi connectivity index (χ1n) is 6.15. The summed E-state index contributed by atoms with van der Waals surface area (Å²) < 4.78 is 26.3. The van der Waals surface area contributed by atoms with Gasteiger partial charge >= 0.3 is 0 Å². The van der Waals surface area contributed by atoms with Crippen LogP contribution >= 0.6 is 0 Å². The molecule has 8 heteroatoms. The molecule has 0 saturated heterocycles. The summed E-state index contributed by atoms with van der Waals surface area (Å²) in [4.78, 5) is 10.8. The average molecular weight is 301 g/mol. The fourth-order valence-electron chi connectivity index (χ4n) is 1.67. The molecule has 0 heterocycles. The van der Waals surface area contributed by atoms with Crippen LogP contribution in [0.15, 0.2) is 23.1 Å². The van der Waals surface area contributed by atoms with E-state index in [2.05, 4.69) is 4.72 Å². The van der Waals surface area contributed by atoms with Gasteiger partial charge in [-0.3, -0.25) is 4.79 Å². The molecule has 0 fully saturated rings. The summed E-state index contributed by atoms with van der Waals surface area (Å²) in [5, 5.41) is 9.53. The lowest BCUT2D eigenvalue weighted by atomic mass is 10.2. The number of nitrogen functional groups attached to an aromatic ring is 1. The SMILES string of the molecule is CCCC(O)CNS(=O)(=O)c1ccc(C(N)=O)cc1N. The second kappa shape index (κ2) is 6.69. The van der Waals surface area contributed by atoms with Crippen LogP contribution in [0.4, 0.5) is 5.69 Å². The van der Waals surface area contributed by atoms with Gasteiger partial charge in [-0.05, 0) is 24.6 Å². The Balaban J connectivity index is 2.90. The fraction of sp³-hybridized carbons (Fsp3) is 0.417. The molecule has 1 rings (SSSR count). The molecule has 1 atom stereocenters. The van der Waals surface area contributed by atoms with Crippen LogP contribution in [0.1, 0.15) is 30.1 Å². The molecular weight excluding hydrogens is 282 g/mol. The number of anilines is 1. The number of nitrogens with two attached hydrogens (primary N) is 2. The Morgan fingerprint density at radius 2 is 2.10 bits per heavy atom. The number of carbonyl (C=O) groups is 1. The first-order valence-corrected chi connectivity index (χ1v) is 7.63. The van der Waals surface area contributed by atoms with Crippen LogP contribution in [-0.2, 0) is 10.0 Å². The van der Waals surface area contributed by atoms with Crippen molar-refractivity contribution in [2.45, 2.75) is 30.8 Å². The van der Waals surface area contributed by atoms with E-state index in [-0.39, 0.29) is 22.7 Å². The Kier molecular flexibility index (Phi) is 5.49. The average Bonchev–Trinajstić information content (AvgIpc) is 2.36. The monoisotopic (exact) mass is 301 g/mol. The maximum atomic E-state index is 12.0. The second-order valence-electron chi connectivity index (χ2n) is 4.41. The van der Waals surface area contributed by atoms with E-state index in [0.717, 1.165) is 6.42 Å². The summed E-state index contributed by atoms with van der Waals surface area (Å²) in [7, 11) is -3.83. The Bertz CT molecular complexity index is 586. The third kappa shape index (κ3) is 4.19. The van der Waals surface area contributed by atoms with Crippen molar-refractivity contribution < 1.29 is 18.3 Å². The number of hydrogen-bond acceptors (Lipinski definition) is 5. The highest BCUT2D eigenvalue weighted by Crippen LogP contribution is 2.19. The molecule has 1 unspecified atom stereocenters. The lowest BCUT2D eigenvalue weighted by molar-refractivity contribution is 0.1000. The molecule has 0 aliphatic heterocycles. The Morgan fingerprint density at radius 1 is 1.45 bits per heavy atom. The van der Waals surface area contributed by atoms with E-state index in [1.807, 2.05) is 6.92 Å². The molecule has 7 nitrogen and oxygen atoms in total. The molecule has 0 spiro atoms. The summed E-state index contributed by atoms with van der Waals surface area (Å²) >= 11 is 0. The van der Waals surface area contributed by atoms with Crippen molar-refractivity contribution in [1.29, 1.82) is 0 Å². The Hall–Kier alpha value is -1.64. The third-order valence-corrected chi connectivity index (χ3v) is 4.21. The van der Waals surface area contributed by atoms with Crippen molar-refractivity contribution in [2.75, 3.05) is 12.3 Å². The molecule has 0 radical (unpaired) electrons. The summed E-state index contributed by atoms with van der Waals surface area (Å²) in [6, 6.07) is 3.71. The zero-order chi connectivity index (χ0) is 15.3. The molecule has 1 aromatic carbocycles. The number of hydrogen-bond donors (Lipinski definition) is 4. The van der Waals surface area contributed by atoms with E-state index < -0.39 is 22.0 Å². The van der Waals surface area contributed by atoms with Gasteiger partial charge in [-0.1, -0.05) is 13.3 Å². The van der Waals surface area contributed by atoms with Gasteiger partial charge in [0.25, 0.3) is 0 Å². The van der Waals surface area contributed by atoms with Crippen molar-refractivity contribution in [1.82, 2.24) is 4.72 Å². The lowest BCUT2D eigenvalue weighted by Crippen LogP contribution is -2.32. The molecule has 0 aliphatic rings. The maximum absolute atomic E-state index is 12.0. The highest BCUT2D eigenvalue weighted by molar-refractivity contribution is 7.89. The van der Waals surface area contributed by atoms with Gasteiger partial charge in [0.05, 0.1) is 11.8 Å². The van der Waals surface area contributed by atoms with E-state index >= 15 is 0 Å². The highest BCUT2D eigenvalue weighted by atomic mass is 32.2. The quantitative estimate of drug-likeness (QED) is 0.517. The Morgan fingerprint density at radius 3 is 2.60 bits per heavy atom. The Labute approximate surface area is 118 Å². The number of aliphatic hydroxyl groups excluding tert-OH is 1. The number of aliphatic hydroxyl groups is 1. The number of nitrogens with one attached hydrogen (secondary N) is 1. The predicted molar refractivity (Wildman–Crippen MR) is 75.5 cm³/mol. The van der Waals surface area contributed by atoms with Crippen molar-refractivity contribution in [3.05, 3.63) is 23.8 Å². The lowest BCUT2D eigenvalue weighted by Gasteiger charge is -2.13. The second-order valence-corrected chi connectivity index (χ2v) is 6.15. The van der Waals surface area contributed by atoms with Crippen LogP contribution in [0.25, 0.3) is 0 Å². The van der Waals surface area contributed by atoms with Crippen molar-refractivity contribution in [2.24, 2.45) is 5.73 Å². The number of primary amides is 1. The molecule has 20 heavy (non-hydrogen) atoms. The number of amides is 1. The van der Waals surface area contributed by atoms with Crippen LogP contribution in [0, 0.1) is 0 Å². The van der Waals surface area contributed by atoms with E-state index in [1.54, 1.807) is 0 Å². The first kappa shape index (κ1) is 16.4. The number of carbonyl (C=O) groups excluding carboxylic acids is 1. The summed E-state index contributed by atoms with van der Waals surface area (Å²) in [5.74, 6) is -0.688. The standard InChI is InChI=1S/C12H19N3O4S/c1-2-3-9(16)7-15-20(18,19)11-5-4-8(12(14)17)6-10(11)13/h4-6,9,15-16H,2-3,7,13H2,1H3,(H2,14,17). The molecule has 0 bridgehead atoms. The zero-order valence-electron chi connectivity index (χ0n) is 11.2. The first-order chi connectivity index (χ1) is 9.27. The molecule has 6 N–H and O–H groups in total. The minimum absolute atomic E-state index is 0.0706. The van der Waals surface area contributed by atoms with Crippen LogP contribution in [0.5, 0.6) is 0 Å². The van der Waals surface area contributed by atoms with Gasteiger partial charge in [-0.15, -0.1) is 0 Å². The number of benzene rings is 1. The zero-order valence-corrected chi connectivity index (χ0v) is 12.0. The molecular formula is C12H19N3O4S. The van der Waals surface area contributed by atoms with Crippen LogP contribution in [-0.4, -0.2) is 32.1 Å². The van der Waals surface area contributed by atoms with E-state index in [1.165, 1.54) is 18.2 Å². The van der Waals surface area contributed by atoms with Gasteiger partial charge in [0.2, 0.25) is 15.9 Å². The van der Waals surface area contributed by atoms with E-state index in [0.29, 0.717) is 6.42 Å². The largest absolute Gasteiger partial charge is 0.398 e. The van der Waals surface area contributed by atoms with Gasteiger partial charge in [-0.25, -0.2) is 13.1 Å². The van der Waals surface area contributed by atoms with Crippen LogP contribution in [0.3, 0.4) is 0 Å². The normalized spacial score (nSPS) is 13.1. The van der Waals surface area contributed by atoms with Gasteiger partial charge in [0.15, 0.2) is 0 Å². The maximum Gasteiger partial charge on any atom is 0.248 e. The summed E-state index contributed by atoms with van der Waals surface area (Å²) in [6.07, 6.45) is 0.498. The van der Waals surface area contributed by atoms with Gasteiger partial charge in [-0.2, -0.15) is 0 Å². The van der Waals surface area contributed by atoms with E-state index in [4.69, 9.17) is 11.5 Å². The molecule has 0 saturated carbocycles. The third-order valence-electron chi connectivity index (χ3n) is 2.71.